The molecular formula is C21H15N5O2S. The van der Waals surface area contributed by atoms with Crippen LogP contribution in [0, 0.1) is 6.92 Å². The van der Waals surface area contributed by atoms with Crippen molar-refractivity contribution < 1.29 is 9.32 Å². The van der Waals surface area contributed by atoms with Crippen molar-refractivity contribution in [3.8, 4) is 22.6 Å². The number of benzene rings is 2. The van der Waals surface area contributed by atoms with E-state index in [2.05, 4.69) is 20.4 Å². The smallest absolute Gasteiger partial charge is 0.255 e. The molecule has 0 fully saturated rings. The van der Waals surface area contributed by atoms with Crippen LogP contribution in [-0.2, 0) is 0 Å². The van der Waals surface area contributed by atoms with Crippen molar-refractivity contribution in [1.29, 1.82) is 0 Å². The lowest BCUT2D eigenvalue weighted by atomic mass is 10.1. The fourth-order valence-corrected chi connectivity index (χ4v) is 3.71. The Morgan fingerprint density at radius 2 is 1.97 bits per heavy atom. The molecule has 0 spiro atoms. The molecular weight excluding hydrogens is 386 g/mol. The number of thiazole rings is 1. The number of aromatic nitrogens is 4. The Hall–Kier alpha value is -3.78. The van der Waals surface area contributed by atoms with E-state index in [0.29, 0.717) is 23.0 Å². The fraction of sp³-hybridized carbons (Fsp3) is 0.0476. The molecule has 5 rings (SSSR count). The molecule has 29 heavy (non-hydrogen) atoms. The van der Waals surface area contributed by atoms with E-state index < -0.39 is 0 Å². The summed E-state index contributed by atoms with van der Waals surface area (Å²) >= 11 is 1.58. The zero-order valence-corrected chi connectivity index (χ0v) is 16.2. The molecule has 0 atom stereocenters. The molecule has 3 heterocycles. The van der Waals surface area contributed by atoms with Crippen LogP contribution in [0.15, 0.2) is 70.8 Å². The Balaban J connectivity index is 1.34. The first-order valence-corrected chi connectivity index (χ1v) is 9.78. The molecule has 0 radical (unpaired) electrons. The van der Waals surface area contributed by atoms with Gasteiger partial charge in [0.05, 0.1) is 5.69 Å². The number of nitrogens with one attached hydrogen (secondary N) is 1. The molecule has 0 saturated carbocycles. The average Bonchev–Trinajstić information content (AvgIpc) is 3.44. The molecule has 0 unspecified atom stereocenters. The summed E-state index contributed by atoms with van der Waals surface area (Å²) in [6.45, 7) is 1.74. The summed E-state index contributed by atoms with van der Waals surface area (Å²) in [7, 11) is 0. The number of aryl methyl sites for hydroxylation is 1. The van der Waals surface area contributed by atoms with Crippen LogP contribution in [0.1, 0.15) is 16.2 Å². The number of nitrogens with zero attached hydrogens (tertiary/aromatic N) is 4. The van der Waals surface area contributed by atoms with Crippen LogP contribution in [0.3, 0.4) is 0 Å². The second-order valence-electron chi connectivity index (χ2n) is 6.47. The molecule has 142 valence electrons. The van der Waals surface area contributed by atoms with Crippen molar-refractivity contribution in [1.82, 2.24) is 19.5 Å². The first-order valence-electron chi connectivity index (χ1n) is 8.90. The Bertz CT molecular complexity index is 1290. The number of imidazole rings is 1. The van der Waals surface area contributed by atoms with Crippen LogP contribution < -0.4 is 5.32 Å². The highest BCUT2D eigenvalue weighted by atomic mass is 32.1. The highest BCUT2D eigenvalue weighted by Crippen LogP contribution is 2.24. The maximum Gasteiger partial charge on any atom is 0.255 e. The predicted octanol–water partition coefficient (Wildman–Crippen LogP) is 4.67. The number of hydrogen-bond acceptors (Lipinski definition) is 6. The SMILES string of the molecule is Cc1nc(-c2ccc(C(=O)Nc3cccc(-c4cn5ccsc5n4)c3)cc2)no1. The first-order chi connectivity index (χ1) is 14.2. The summed E-state index contributed by atoms with van der Waals surface area (Å²) < 4.78 is 6.98. The summed E-state index contributed by atoms with van der Waals surface area (Å²) in [5.41, 5.74) is 3.86. The number of rotatable bonds is 4. The third kappa shape index (κ3) is 3.41. The highest BCUT2D eigenvalue weighted by Gasteiger charge is 2.11. The number of amides is 1. The minimum Gasteiger partial charge on any atom is -0.339 e. The highest BCUT2D eigenvalue weighted by molar-refractivity contribution is 7.15. The normalized spacial score (nSPS) is 11.1. The fourth-order valence-electron chi connectivity index (χ4n) is 3.01. The van der Waals surface area contributed by atoms with Gasteiger partial charge in [0.2, 0.25) is 11.7 Å². The minimum atomic E-state index is -0.191. The number of hydrogen-bond donors (Lipinski definition) is 1. The number of anilines is 1. The second-order valence-corrected chi connectivity index (χ2v) is 7.34. The van der Waals surface area contributed by atoms with E-state index in [1.807, 2.05) is 46.4 Å². The molecule has 3 aromatic heterocycles. The number of carbonyl (C=O) groups excluding carboxylic acids is 1. The molecule has 1 N–H and O–H groups in total. The van der Waals surface area contributed by atoms with E-state index >= 15 is 0 Å². The van der Waals surface area contributed by atoms with Gasteiger partial charge in [-0.15, -0.1) is 11.3 Å². The number of carbonyl (C=O) groups is 1. The van der Waals surface area contributed by atoms with E-state index in [1.54, 1.807) is 42.5 Å². The predicted molar refractivity (Wildman–Crippen MR) is 111 cm³/mol. The molecule has 2 aromatic carbocycles. The van der Waals surface area contributed by atoms with Gasteiger partial charge in [0.25, 0.3) is 5.91 Å². The van der Waals surface area contributed by atoms with Crippen LogP contribution in [0.4, 0.5) is 5.69 Å². The minimum absolute atomic E-state index is 0.191. The van der Waals surface area contributed by atoms with Crippen molar-refractivity contribution in [2.75, 3.05) is 5.32 Å². The van der Waals surface area contributed by atoms with E-state index in [1.165, 1.54) is 0 Å². The zero-order chi connectivity index (χ0) is 19.8. The molecule has 1 amide bonds. The van der Waals surface area contributed by atoms with Gasteiger partial charge in [0.1, 0.15) is 0 Å². The summed E-state index contributed by atoms with van der Waals surface area (Å²) in [6.07, 6.45) is 3.95. The molecule has 0 saturated heterocycles. The molecule has 0 aliphatic rings. The van der Waals surface area contributed by atoms with Gasteiger partial charge in [0, 0.05) is 47.1 Å². The van der Waals surface area contributed by atoms with Gasteiger partial charge in [-0.05, 0) is 24.3 Å². The maximum absolute atomic E-state index is 12.6. The molecule has 7 nitrogen and oxygen atoms in total. The average molecular weight is 401 g/mol. The monoisotopic (exact) mass is 401 g/mol. The van der Waals surface area contributed by atoms with E-state index in [-0.39, 0.29) is 5.91 Å². The summed E-state index contributed by atoms with van der Waals surface area (Å²) in [4.78, 5) is 22.4. The van der Waals surface area contributed by atoms with Gasteiger partial charge < -0.3 is 9.84 Å². The Morgan fingerprint density at radius 3 is 2.72 bits per heavy atom. The Labute approximate surface area is 169 Å². The zero-order valence-electron chi connectivity index (χ0n) is 15.4. The van der Waals surface area contributed by atoms with Crippen LogP contribution in [0.2, 0.25) is 0 Å². The Morgan fingerprint density at radius 1 is 1.10 bits per heavy atom. The lowest BCUT2D eigenvalue weighted by Gasteiger charge is -2.07. The maximum atomic E-state index is 12.6. The third-order valence-electron chi connectivity index (χ3n) is 4.44. The number of fused-ring (bicyclic) bond motifs is 1. The van der Waals surface area contributed by atoms with Gasteiger partial charge in [0.15, 0.2) is 4.96 Å². The largest absolute Gasteiger partial charge is 0.339 e. The summed E-state index contributed by atoms with van der Waals surface area (Å²) in [5.74, 6) is 0.810. The Kier molecular flexibility index (Phi) is 4.18. The van der Waals surface area contributed by atoms with Crippen molar-refractivity contribution in [3.63, 3.8) is 0 Å². The van der Waals surface area contributed by atoms with E-state index in [9.17, 15) is 4.79 Å². The third-order valence-corrected chi connectivity index (χ3v) is 5.21. The molecule has 0 bridgehead atoms. The van der Waals surface area contributed by atoms with Gasteiger partial charge in [-0.2, -0.15) is 4.98 Å². The lowest BCUT2D eigenvalue weighted by Crippen LogP contribution is -2.11. The van der Waals surface area contributed by atoms with Crippen molar-refractivity contribution in [3.05, 3.63) is 77.8 Å². The lowest BCUT2D eigenvalue weighted by molar-refractivity contribution is 0.102. The van der Waals surface area contributed by atoms with Gasteiger partial charge in [-0.1, -0.05) is 29.4 Å². The van der Waals surface area contributed by atoms with E-state index in [0.717, 1.165) is 21.8 Å². The molecule has 0 aliphatic heterocycles. The molecule has 5 aromatic rings. The molecule has 0 aliphatic carbocycles. The topological polar surface area (TPSA) is 85.3 Å². The summed E-state index contributed by atoms with van der Waals surface area (Å²) in [5, 5.41) is 8.82. The van der Waals surface area contributed by atoms with Gasteiger partial charge in [-0.25, -0.2) is 4.98 Å². The van der Waals surface area contributed by atoms with E-state index in [4.69, 9.17) is 4.52 Å². The quantitative estimate of drug-likeness (QED) is 0.473. The molecule has 8 heteroatoms. The van der Waals surface area contributed by atoms with Crippen LogP contribution >= 0.6 is 11.3 Å². The first kappa shape index (κ1) is 17.3. The second kappa shape index (κ2) is 6.99. The van der Waals surface area contributed by atoms with Gasteiger partial charge >= 0.3 is 0 Å². The van der Waals surface area contributed by atoms with Crippen molar-refractivity contribution >= 4 is 27.9 Å². The standard InChI is InChI=1S/C21H15N5O2S/c1-13-22-19(25-28-13)14-5-7-15(8-6-14)20(27)23-17-4-2-3-16(11-17)18-12-26-9-10-29-21(26)24-18/h2-12H,1H3,(H,23,27). The van der Waals surface area contributed by atoms with Gasteiger partial charge in [-0.3, -0.25) is 9.20 Å². The summed E-state index contributed by atoms with van der Waals surface area (Å²) in [6, 6.07) is 14.7. The van der Waals surface area contributed by atoms with Crippen molar-refractivity contribution in [2.45, 2.75) is 6.92 Å². The van der Waals surface area contributed by atoms with Crippen LogP contribution in [-0.4, -0.2) is 25.4 Å². The van der Waals surface area contributed by atoms with Crippen LogP contribution in [0.5, 0.6) is 0 Å². The van der Waals surface area contributed by atoms with Crippen molar-refractivity contribution in [2.24, 2.45) is 0 Å². The van der Waals surface area contributed by atoms with Crippen LogP contribution in [0.25, 0.3) is 27.6 Å².